The van der Waals surface area contributed by atoms with Gasteiger partial charge in [-0.25, -0.2) is 4.79 Å². The summed E-state index contributed by atoms with van der Waals surface area (Å²) in [5, 5.41) is 28.0. The normalized spacial score (nSPS) is 11.4. The molecule has 106 valence electrons. The average molecular weight is 304 g/mol. The van der Waals surface area contributed by atoms with Crippen molar-refractivity contribution in [3.8, 4) is 17.6 Å². The number of aliphatic carboxylic acids is 1. The molecule has 1 unspecified atom stereocenters. The lowest BCUT2D eigenvalue weighted by atomic mass is 10.1. The lowest BCUT2D eigenvalue weighted by molar-refractivity contribution is -0.145. The average Bonchev–Trinajstić information content (AvgIpc) is 2.45. The van der Waals surface area contributed by atoms with E-state index in [-0.39, 0.29) is 27.6 Å². The number of hydrogen-bond donors (Lipinski definition) is 2. The number of hydrogen-bond acceptors (Lipinski definition) is 4. The van der Waals surface area contributed by atoms with Gasteiger partial charge in [-0.2, -0.15) is 5.26 Å². The van der Waals surface area contributed by atoms with E-state index >= 15 is 0 Å². The summed E-state index contributed by atoms with van der Waals surface area (Å²) in [5.41, 5.74) is 0.380. The highest BCUT2D eigenvalue weighted by molar-refractivity contribution is 6.31. The van der Waals surface area contributed by atoms with Crippen molar-refractivity contribution in [3.05, 3.63) is 58.6 Å². The molecule has 1 atom stereocenters. The van der Waals surface area contributed by atoms with E-state index in [1.807, 2.05) is 6.07 Å². The van der Waals surface area contributed by atoms with E-state index in [0.717, 1.165) is 0 Å². The molecular formula is C15H10ClNO4. The van der Waals surface area contributed by atoms with Crippen molar-refractivity contribution in [3.63, 3.8) is 0 Å². The highest BCUT2D eigenvalue weighted by Gasteiger charge is 2.25. The quantitative estimate of drug-likeness (QED) is 0.905. The fourth-order valence-corrected chi connectivity index (χ4v) is 2.00. The Morgan fingerprint density at radius 2 is 2.00 bits per heavy atom. The summed E-state index contributed by atoms with van der Waals surface area (Å²) in [6, 6.07) is 12.1. The number of ether oxygens (including phenoxy) is 1. The second kappa shape index (κ2) is 6.16. The zero-order valence-electron chi connectivity index (χ0n) is 10.7. The lowest BCUT2D eigenvalue weighted by Crippen LogP contribution is -2.19. The van der Waals surface area contributed by atoms with Gasteiger partial charge in [0.1, 0.15) is 17.6 Å². The minimum Gasteiger partial charge on any atom is -0.508 e. The summed E-state index contributed by atoms with van der Waals surface area (Å²) in [6.45, 7) is 0. The monoisotopic (exact) mass is 303 g/mol. The predicted molar refractivity (Wildman–Crippen MR) is 75.3 cm³/mol. The third-order valence-corrected chi connectivity index (χ3v) is 3.09. The third kappa shape index (κ3) is 3.25. The fraction of sp³-hybridized carbons (Fsp3) is 0.0667. The van der Waals surface area contributed by atoms with Gasteiger partial charge in [0.05, 0.1) is 5.56 Å². The number of carbonyl (C=O) groups is 1. The van der Waals surface area contributed by atoms with Crippen LogP contribution in [-0.2, 0) is 4.79 Å². The van der Waals surface area contributed by atoms with Crippen LogP contribution in [0.4, 0.5) is 0 Å². The third-order valence-electron chi connectivity index (χ3n) is 2.74. The van der Waals surface area contributed by atoms with Gasteiger partial charge in [-0.1, -0.05) is 29.8 Å². The number of carboxylic acid groups (broad SMARTS) is 1. The Balaban J connectivity index is 2.43. The van der Waals surface area contributed by atoms with E-state index in [0.29, 0.717) is 0 Å². The van der Waals surface area contributed by atoms with Crippen molar-refractivity contribution in [1.29, 1.82) is 5.26 Å². The van der Waals surface area contributed by atoms with Crippen LogP contribution in [0.1, 0.15) is 17.2 Å². The van der Waals surface area contributed by atoms with Crippen LogP contribution in [0.2, 0.25) is 5.02 Å². The van der Waals surface area contributed by atoms with Gasteiger partial charge in [0.15, 0.2) is 0 Å². The van der Waals surface area contributed by atoms with E-state index in [1.165, 1.54) is 24.3 Å². The first-order valence-electron chi connectivity index (χ1n) is 5.90. The maximum atomic E-state index is 11.4. The summed E-state index contributed by atoms with van der Waals surface area (Å²) in [6.07, 6.45) is -1.38. The summed E-state index contributed by atoms with van der Waals surface area (Å²) < 4.78 is 5.38. The van der Waals surface area contributed by atoms with E-state index in [9.17, 15) is 15.0 Å². The van der Waals surface area contributed by atoms with Crippen LogP contribution in [0, 0.1) is 11.3 Å². The molecule has 0 aromatic heterocycles. The standard InChI is InChI=1S/C15H10ClNO4/c16-12-4-2-1-3-11(12)14(15(19)20)21-13-7-10(18)6-5-9(13)8-17/h1-7,14,18H,(H,19,20). The minimum atomic E-state index is -1.38. The van der Waals surface area contributed by atoms with Crippen molar-refractivity contribution in [1.82, 2.24) is 0 Å². The Hall–Kier alpha value is -2.71. The van der Waals surface area contributed by atoms with Crippen LogP contribution in [0.5, 0.6) is 11.5 Å². The van der Waals surface area contributed by atoms with Crippen LogP contribution in [0.25, 0.3) is 0 Å². The van der Waals surface area contributed by atoms with Crippen LogP contribution in [-0.4, -0.2) is 16.2 Å². The molecule has 0 amide bonds. The molecule has 0 fully saturated rings. The number of phenolic OH excluding ortho intramolecular Hbond substituents is 1. The molecule has 0 heterocycles. The van der Waals surface area contributed by atoms with Crippen molar-refractivity contribution in [2.24, 2.45) is 0 Å². The molecular weight excluding hydrogens is 294 g/mol. The van der Waals surface area contributed by atoms with Gasteiger partial charge in [0.25, 0.3) is 0 Å². The van der Waals surface area contributed by atoms with Gasteiger partial charge < -0.3 is 14.9 Å². The number of rotatable bonds is 4. The second-order valence-electron chi connectivity index (χ2n) is 4.15. The van der Waals surface area contributed by atoms with Crippen LogP contribution in [0.3, 0.4) is 0 Å². The Morgan fingerprint density at radius 3 is 2.62 bits per heavy atom. The largest absolute Gasteiger partial charge is 0.508 e. The maximum Gasteiger partial charge on any atom is 0.349 e. The molecule has 2 rings (SSSR count). The zero-order valence-corrected chi connectivity index (χ0v) is 11.4. The van der Waals surface area contributed by atoms with Gasteiger partial charge in [-0.15, -0.1) is 0 Å². The smallest absolute Gasteiger partial charge is 0.349 e. The number of nitriles is 1. The number of carboxylic acids is 1. The number of nitrogens with zero attached hydrogens (tertiary/aromatic N) is 1. The molecule has 2 N–H and O–H groups in total. The molecule has 6 heteroatoms. The first-order valence-corrected chi connectivity index (χ1v) is 6.27. The van der Waals surface area contributed by atoms with E-state index in [4.69, 9.17) is 21.6 Å². The summed E-state index contributed by atoms with van der Waals surface area (Å²) in [4.78, 5) is 11.4. The molecule has 0 saturated heterocycles. The first kappa shape index (κ1) is 14.7. The number of benzene rings is 2. The molecule has 0 aliphatic rings. The number of aromatic hydroxyl groups is 1. The second-order valence-corrected chi connectivity index (χ2v) is 4.56. The van der Waals surface area contributed by atoms with Gasteiger partial charge in [-0.05, 0) is 18.2 Å². The van der Waals surface area contributed by atoms with Crippen LogP contribution < -0.4 is 4.74 Å². The maximum absolute atomic E-state index is 11.4. The molecule has 0 spiro atoms. The summed E-state index contributed by atoms with van der Waals surface area (Å²) in [7, 11) is 0. The molecule has 0 radical (unpaired) electrons. The van der Waals surface area contributed by atoms with Crippen LogP contribution in [0.15, 0.2) is 42.5 Å². The Kier molecular flexibility index (Phi) is 4.31. The molecule has 5 nitrogen and oxygen atoms in total. The molecule has 0 aliphatic heterocycles. The van der Waals surface area contributed by atoms with Gasteiger partial charge in [-0.3, -0.25) is 0 Å². The molecule has 0 saturated carbocycles. The van der Waals surface area contributed by atoms with Crippen molar-refractivity contribution in [2.45, 2.75) is 6.10 Å². The summed E-state index contributed by atoms with van der Waals surface area (Å²) in [5.74, 6) is -1.41. The highest BCUT2D eigenvalue weighted by atomic mass is 35.5. The van der Waals surface area contributed by atoms with E-state index < -0.39 is 12.1 Å². The minimum absolute atomic E-state index is 0.0233. The van der Waals surface area contributed by atoms with Crippen LogP contribution >= 0.6 is 11.6 Å². The molecule has 21 heavy (non-hydrogen) atoms. The molecule has 2 aromatic carbocycles. The Morgan fingerprint density at radius 1 is 1.29 bits per heavy atom. The van der Waals surface area contributed by atoms with Gasteiger partial charge in [0.2, 0.25) is 6.10 Å². The predicted octanol–water partition coefficient (Wildman–Crippen LogP) is 3.12. The number of halogens is 1. The summed E-state index contributed by atoms with van der Waals surface area (Å²) >= 11 is 5.98. The molecule has 0 bridgehead atoms. The Bertz CT molecular complexity index is 724. The van der Waals surface area contributed by atoms with E-state index in [1.54, 1.807) is 18.2 Å². The van der Waals surface area contributed by atoms with Crippen molar-refractivity contribution < 1.29 is 19.7 Å². The first-order chi connectivity index (χ1) is 10.0. The Labute approximate surface area is 125 Å². The zero-order chi connectivity index (χ0) is 15.4. The highest BCUT2D eigenvalue weighted by Crippen LogP contribution is 2.31. The SMILES string of the molecule is N#Cc1ccc(O)cc1OC(C(=O)O)c1ccccc1Cl. The van der Waals surface area contributed by atoms with E-state index in [2.05, 4.69) is 0 Å². The van der Waals surface area contributed by atoms with Gasteiger partial charge in [0, 0.05) is 16.7 Å². The number of phenols is 1. The van der Waals surface area contributed by atoms with Crippen molar-refractivity contribution >= 4 is 17.6 Å². The molecule has 2 aromatic rings. The fourth-order valence-electron chi connectivity index (χ4n) is 1.76. The molecule has 0 aliphatic carbocycles. The van der Waals surface area contributed by atoms with Crippen molar-refractivity contribution in [2.75, 3.05) is 0 Å². The topological polar surface area (TPSA) is 90.5 Å². The lowest BCUT2D eigenvalue weighted by Gasteiger charge is -2.17. The van der Waals surface area contributed by atoms with Gasteiger partial charge >= 0.3 is 5.97 Å².